The fourth-order valence-electron chi connectivity index (χ4n) is 4.87. The molecule has 1 aromatic heterocycles. The first kappa shape index (κ1) is 27.6. The zero-order valence-corrected chi connectivity index (χ0v) is 22.7. The highest BCUT2D eigenvalue weighted by Crippen LogP contribution is 2.50. The molecule has 202 valence electrons. The number of benzene rings is 1. The van der Waals surface area contributed by atoms with Crippen LogP contribution in [0, 0.1) is 0 Å². The Labute approximate surface area is 231 Å². The monoisotopic (exact) mass is 549 g/mol. The average Bonchev–Trinajstić information content (AvgIpc) is 3.13. The van der Waals surface area contributed by atoms with Crippen molar-refractivity contribution in [3.63, 3.8) is 0 Å². The predicted molar refractivity (Wildman–Crippen MR) is 148 cm³/mol. The summed E-state index contributed by atoms with van der Waals surface area (Å²) in [5.41, 5.74) is 5.13. The van der Waals surface area contributed by atoms with Crippen molar-refractivity contribution >= 4 is 30.2 Å². The number of pyridine rings is 1. The molecular formula is C28H28ClN5O5. The van der Waals surface area contributed by atoms with Crippen LogP contribution in [0.2, 0.25) is 0 Å². The molecule has 39 heavy (non-hydrogen) atoms. The Morgan fingerprint density at radius 2 is 1.74 bits per heavy atom. The minimum atomic E-state index is -0.354. The second kappa shape index (κ2) is 11.5. The molecule has 2 N–H and O–H groups in total. The molecule has 2 amide bonds. The number of nitrogens with one attached hydrogen (secondary N) is 2. The lowest BCUT2D eigenvalue weighted by Gasteiger charge is -2.19. The van der Waals surface area contributed by atoms with Crippen molar-refractivity contribution in [3.8, 4) is 39.8 Å². The Hall–Kier alpha value is -4.44. The molecule has 5 rings (SSSR count). The van der Waals surface area contributed by atoms with E-state index in [1.165, 1.54) is 13.1 Å². The summed E-state index contributed by atoms with van der Waals surface area (Å²) >= 11 is 0. The average molecular weight is 550 g/mol. The maximum absolute atomic E-state index is 12.6. The van der Waals surface area contributed by atoms with E-state index in [4.69, 9.17) is 14.2 Å². The van der Waals surface area contributed by atoms with Gasteiger partial charge < -0.3 is 19.5 Å². The van der Waals surface area contributed by atoms with Crippen LogP contribution in [0.4, 0.5) is 5.95 Å². The van der Waals surface area contributed by atoms with Crippen molar-refractivity contribution in [2.24, 2.45) is 0 Å². The number of methoxy groups -OCH3 is 3. The van der Waals surface area contributed by atoms with Gasteiger partial charge in [0.15, 0.2) is 11.5 Å². The molecule has 11 heteroatoms. The van der Waals surface area contributed by atoms with Gasteiger partial charge in [0, 0.05) is 24.9 Å². The number of aryl methyl sites for hydroxylation is 1. The molecule has 0 fully saturated rings. The van der Waals surface area contributed by atoms with Gasteiger partial charge in [-0.05, 0) is 59.9 Å². The first-order valence-electron chi connectivity index (χ1n) is 12.1. The third-order valence-corrected chi connectivity index (χ3v) is 6.51. The quantitative estimate of drug-likeness (QED) is 0.361. The number of fused-ring (bicyclic) bond motifs is 4. The molecule has 3 aliphatic rings. The van der Waals surface area contributed by atoms with Crippen LogP contribution < -0.4 is 24.8 Å². The van der Waals surface area contributed by atoms with Crippen LogP contribution in [0.5, 0.6) is 17.2 Å². The fourth-order valence-corrected chi connectivity index (χ4v) is 4.87. The molecule has 0 bridgehead atoms. The molecule has 0 saturated heterocycles. The van der Waals surface area contributed by atoms with E-state index in [0.29, 0.717) is 47.0 Å². The molecule has 0 unspecified atom stereocenters. The standard InChI is InChI=1S/C28H27N5O5.ClH/c1-15(34)30-20-9-7-16-12-23(36-2)25(37-3)26(38-4)24(16)18-8-10-21-22(13-19(18)20)32-28(31-21)33-27(35)17-6-5-11-29-14-17;/h5-6,8,10-14,20H,7,9H2,1-4H3,(H,30,34)(H,31,32,33,35);1H/t20-;/m0./s1. The Kier molecular flexibility index (Phi) is 8.15. The number of nitrogens with zero attached hydrogens (tertiary/aromatic N) is 3. The van der Waals surface area contributed by atoms with Crippen LogP contribution in [0.15, 0.2) is 48.8 Å². The zero-order chi connectivity index (χ0) is 26.8. The second-order valence-corrected chi connectivity index (χ2v) is 8.83. The van der Waals surface area contributed by atoms with Crippen LogP contribution in [-0.2, 0) is 11.2 Å². The summed E-state index contributed by atoms with van der Waals surface area (Å²) in [5, 5.41) is 5.81. The highest BCUT2D eigenvalue weighted by molar-refractivity contribution is 6.03. The normalized spacial score (nSPS) is 13.7. The molecule has 1 atom stereocenters. The second-order valence-electron chi connectivity index (χ2n) is 8.83. The number of carbonyl (C=O) groups excluding carboxylic acids is 2. The highest BCUT2D eigenvalue weighted by Gasteiger charge is 2.30. The lowest BCUT2D eigenvalue weighted by Crippen LogP contribution is -2.26. The number of imidazole rings is 1. The Balaban J connectivity index is 0.00000353. The van der Waals surface area contributed by atoms with Gasteiger partial charge in [0.2, 0.25) is 17.6 Å². The first-order valence-corrected chi connectivity index (χ1v) is 12.1. The number of carbonyl (C=O) groups is 2. The van der Waals surface area contributed by atoms with Crippen LogP contribution >= 0.6 is 12.4 Å². The molecule has 1 aliphatic heterocycles. The minimum absolute atomic E-state index is 0. The number of amides is 2. The van der Waals surface area contributed by atoms with Gasteiger partial charge in [0.1, 0.15) is 0 Å². The van der Waals surface area contributed by atoms with Crippen molar-refractivity contribution in [3.05, 3.63) is 65.5 Å². The summed E-state index contributed by atoms with van der Waals surface area (Å²) in [6, 6.07) is 10.7. The van der Waals surface area contributed by atoms with Gasteiger partial charge in [0.05, 0.1) is 44.3 Å². The van der Waals surface area contributed by atoms with Crippen molar-refractivity contribution < 1.29 is 23.8 Å². The Morgan fingerprint density at radius 3 is 2.41 bits per heavy atom. The summed E-state index contributed by atoms with van der Waals surface area (Å²) in [4.78, 5) is 37.9. The number of anilines is 1. The van der Waals surface area contributed by atoms with E-state index in [9.17, 15) is 9.59 Å². The number of ether oxygens (including phenoxy) is 3. The van der Waals surface area contributed by atoms with Gasteiger partial charge in [-0.1, -0.05) is 6.07 Å². The van der Waals surface area contributed by atoms with Crippen molar-refractivity contribution in [1.82, 2.24) is 20.3 Å². The summed E-state index contributed by atoms with van der Waals surface area (Å²) in [5.74, 6) is 1.28. The van der Waals surface area contributed by atoms with Crippen LogP contribution in [0.3, 0.4) is 0 Å². The van der Waals surface area contributed by atoms with Gasteiger partial charge in [-0.2, -0.15) is 0 Å². The predicted octanol–water partition coefficient (Wildman–Crippen LogP) is 4.47. The smallest absolute Gasteiger partial charge is 0.259 e. The molecule has 10 nitrogen and oxygen atoms in total. The summed E-state index contributed by atoms with van der Waals surface area (Å²) in [6.07, 6.45) is 4.38. The molecule has 2 aromatic rings. The number of hydrogen-bond donors (Lipinski definition) is 2. The highest BCUT2D eigenvalue weighted by atomic mass is 35.5. The van der Waals surface area contributed by atoms with Gasteiger partial charge in [-0.15, -0.1) is 12.4 Å². The Bertz CT molecular complexity index is 1500. The van der Waals surface area contributed by atoms with E-state index < -0.39 is 0 Å². The topological polar surface area (TPSA) is 125 Å². The summed E-state index contributed by atoms with van der Waals surface area (Å²) in [6.45, 7) is 1.50. The van der Waals surface area contributed by atoms with Gasteiger partial charge in [-0.3, -0.25) is 19.9 Å². The lowest BCUT2D eigenvalue weighted by molar-refractivity contribution is -0.119. The lowest BCUT2D eigenvalue weighted by atomic mass is 9.95. The third kappa shape index (κ3) is 5.28. The van der Waals surface area contributed by atoms with Crippen LogP contribution in [0.25, 0.3) is 22.5 Å². The number of aromatic nitrogens is 3. The Morgan fingerprint density at radius 1 is 0.974 bits per heavy atom. The molecule has 1 aromatic carbocycles. The van der Waals surface area contributed by atoms with Crippen molar-refractivity contribution in [2.45, 2.75) is 25.8 Å². The first-order chi connectivity index (χ1) is 18.4. The maximum atomic E-state index is 12.6. The number of halogens is 1. The van der Waals surface area contributed by atoms with E-state index in [0.717, 1.165) is 22.3 Å². The van der Waals surface area contributed by atoms with Crippen LogP contribution in [-0.4, -0.2) is 48.1 Å². The van der Waals surface area contributed by atoms with E-state index in [2.05, 4.69) is 25.6 Å². The minimum Gasteiger partial charge on any atom is -0.493 e. The van der Waals surface area contributed by atoms with Crippen molar-refractivity contribution in [2.75, 3.05) is 26.6 Å². The maximum Gasteiger partial charge on any atom is 0.259 e. The van der Waals surface area contributed by atoms with E-state index in [1.54, 1.807) is 39.7 Å². The fraction of sp³-hybridized carbons (Fsp3) is 0.250. The number of rotatable bonds is 6. The van der Waals surface area contributed by atoms with Gasteiger partial charge >= 0.3 is 0 Å². The van der Waals surface area contributed by atoms with E-state index in [-0.39, 0.29) is 36.2 Å². The van der Waals surface area contributed by atoms with Crippen molar-refractivity contribution in [1.29, 1.82) is 0 Å². The molecule has 2 heterocycles. The molecule has 0 saturated carbocycles. The largest absolute Gasteiger partial charge is 0.493 e. The van der Waals surface area contributed by atoms with Crippen LogP contribution in [0.1, 0.15) is 40.9 Å². The van der Waals surface area contributed by atoms with Gasteiger partial charge in [-0.25, -0.2) is 9.97 Å². The molecule has 0 radical (unpaired) electrons. The molecule has 2 aliphatic carbocycles. The van der Waals surface area contributed by atoms with E-state index >= 15 is 0 Å². The number of hydrogen-bond acceptors (Lipinski definition) is 8. The summed E-state index contributed by atoms with van der Waals surface area (Å²) in [7, 11) is 4.75. The summed E-state index contributed by atoms with van der Waals surface area (Å²) < 4.78 is 17.1. The SMILES string of the molecule is COc1cc2c(c(OC)c1OC)-c1ccc3nc(NC(=O)c4cccnc4)nc-3cc1[C@@H](NC(C)=O)CC2.Cl. The molecule has 0 spiro atoms. The third-order valence-electron chi connectivity index (χ3n) is 6.51. The molecular weight excluding hydrogens is 522 g/mol. The van der Waals surface area contributed by atoms with E-state index in [1.807, 2.05) is 24.3 Å². The van der Waals surface area contributed by atoms with Gasteiger partial charge in [0.25, 0.3) is 5.91 Å². The zero-order valence-electron chi connectivity index (χ0n) is 21.9.